The Bertz CT molecular complexity index is 234. The Hall–Kier alpha value is 0.200. The SMILES string of the molecule is Cl.O=S1(=O)CC2CNCC(C2)C1. The van der Waals surface area contributed by atoms with Gasteiger partial charge in [0.05, 0.1) is 11.5 Å². The van der Waals surface area contributed by atoms with Gasteiger partial charge >= 0.3 is 0 Å². The summed E-state index contributed by atoms with van der Waals surface area (Å²) in [5, 5.41) is 3.26. The van der Waals surface area contributed by atoms with E-state index in [1.165, 1.54) is 0 Å². The van der Waals surface area contributed by atoms with Crippen LogP contribution in [0.15, 0.2) is 0 Å². The molecule has 0 aromatic heterocycles. The monoisotopic (exact) mass is 211 g/mol. The summed E-state index contributed by atoms with van der Waals surface area (Å²) in [5.41, 5.74) is 0. The van der Waals surface area contributed by atoms with Crippen molar-refractivity contribution in [2.24, 2.45) is 11.8 Å². The lowest BCUT2D eigenvalue weighted by molar-refractivity contribution is 0.307. The van der Waals surface area contributed by atoms with Crippen molar-refractivity contribution in [2.45, 2.75) is 6.42 Å². The number of halogens is 1. The van der Waals surface area contributed by atoms with Crippen LogP contribution in [0.5, 0.6) is 0 Å². The van der Waals surface area contributed by atoms with Gasteiger partial charge < -0.3 is 5.32 Å². The van der Waals surface area contributed by atoms with Gasteiger partial charge in [-0.05, 0) is 31.3 Å². The minimum absolute atomic E-state index is 0. The molecule has 2 aliphatic heterocycles. The summed E-state index contributed by atoms with van der Waals surface area (Å²) in [6.45, 7) is 1.80. The van der Waals surface area contributed by atoms with Crippen molar-refractivity contribution in [1.82, 2.24) is 5.32 Å². The van der Waals surface area contributed by atoms with E-state index in [1.807, 2.05) is 0 Å². The Kier molecular flexibility index (Phi) is 3.01. The first kappa shape index (κ1) is 10.3. The molecule has 2 rings (SSSR count). The summed E-state index contributed by atoms with van der Waals surface area (Å²) in [4.78, 5) is 0. The van der Waals surface area contributed by atoms with Crippen LogP contribution in [-0.4, -0.2) is 33.0 Å². The van der Waals surface area contributed by atoms with Gasteiger partial charge in [0, 0.05) is 0 Å². The van der Waals surface area contributed by atoms with E-state index in [9.17, 15) is 8.42 Å². The number of hydrogen-bond acceptors (Lipinski definition) is 3. The molecule has 0 amide bonds. The normalized spacial score (nSPS) is 38.3. The van der Waals surface area contributed by atoms with Crippen LogP contribution in [0.2, 0.25) is 0 Å². The van der Waals surface area contributed by atoms with Crippen molar-refractivity contribution in [2.75, 3.05) is 24.6 Å². The van der Waals surface area contributed by atoms with Gasteiger partial charge in [0.2, 0.25) is 0 Å². The van der Waals surface area contributed by atoms with Gasteiger partial charge in [0.15, 0.2) is 9.84 Å². The molecule has 2 fully saturated rings. The molecule has 2 saturated heterocycles. The highest BCUT2D eigenvalue weighted by molar-refractivity contribution is 7.91. The second kappa shape index (κ2) is 3.52. The van der Waals surface area contributed by atoms with Crippen molar-refractivity contribution in [3.63, 3.8) is 0 Å². The number of nitrogens with one attached hydrogen (secondary N) is 1. The zero-order valence-electron chi connectivity index (χ0n) is 6.82. The lowest BCUT2D eigenvalue weighted by Crippen LogP contribution is -2.46. The third kappa shape index (κ3) is 2.12. The predicted octanol–water partition coefficient (Wildman–Crippen LogP) is 0.0623. The lowest BCUT2D eigenvalue weighted by Gasteiger charge is -2.34. The van der Waals surface area contributed by atoms with Crippen LogP contribution in [0.3, 0.4) is 0 Å². The summed E-state index contributed by atoms with van der Waals surface area (Å²) in [6.07, 6.45) is 1.12. The minimum Gasteiger partial charge on any atom is -0.316 e. The van der Waals surface area contributed by atoms with Crippen LogP contribution in [-0.2, 0) is 9.84 Å². The van der Waals surface area contributed by atoms with Crippen LogP contribution in [0.1, 0.15) is 6.42 Å². The molecule has 2 atom stereocenters. The molecule has 2 unspecified atom stereocenters. The van der Waals surface area contributed by atoms with Gasteiger partial charge in [0.25, 0.3) is 0 Å². The van der Waals surface area contributed by atoms with Crippen molar-refractivity contribution in [1.29, 1.82) is 0 Å². The average molecular weight is 212 g/mol. The number of piperidine rings is 1. The Morgan fingerprint density at radius 3 is 2.08 bits per heavy atom. The summed E-state index contributed by atoms with van der Waals surface area (Å²) >= 11 is 0. The molecule has 3 nitrogen and oxygen atoms in total. The molecule has 1 N–H and O–H groups in total. The largest absolute Gasteiger partial charge is 0.316 e. The molecule has 0 aliphatic carbocycles. The van der Waals surface area contributed by atoms with E-state index in [2.05, 4.69) is 5.32 Å². The van der Waals surface area contributed by atoms with Gasteiger partial charge in [-0.25, -0.2) is 8.42 Å². The number of hydrogen-bond donors (Lipinski definition) is 1. The third-order valence-electron chi connectivity index (χ3n) is 2.51. The van der Waals surface area contributed by atoms with Crippen LogP contribution in [0.4, 0.5) is 0 Å². The van der Waals surface area contributed by atoms with E-state index in [0.29, 0.717) is 23.3 Å². The first-order valence-corrected chi connectivity index (χ1v) is 5.89. The first-order valence-electron chi connectivity index (χ1n) is 4.07. The molecule has 2 heterocycles. The fourth-order valence-electron chi connectivity index (χ4n) is 2.17. The zero-order valence-corrected chi connectivity index (χ0v) is 8.46. The molecule has 0 spiro atoms. The van der Waals surface area contributed by atoms with Gasteiger partial charge in [-0.3, -0.25) is 0 Å². The topological polar surface area (TPSA) is 46.2 Å². The second-order valence-corrected chi connectivity index (χ2v) is 5.86. The standard InChI is InChI=1S/C7H13NO2S.ClH/c9-11(10)4-6-1-7(5-11)3-8-2-6;/h6-8H,1-5H2;1H. The first-order chi connectivity index (χ1) is 5.16. The minimum atomic E-state index is -2.68. The average Bonchev–Trinajstić information content (AvgIpc) is 1.82. The summed E-state index contributed by atoms with van der Waals surface area (Å²) < 4.78 is 22.5. The van der Waals surface area contributed by atoms with Crippen LogP contribution < -0.4 is 5.32 Å². The highest BCUT2D eigenvalue weighted by Crippen LogP contribution is 2.25. The Labute approximate surface area is 79.2 Å². The molecule has 2 aliphatic rings. The predicted molar refractivity (Wildman–Crippen MR) is 50.4 cm³/mol. The number of rotatable bonds is 0. The van der Waals surface area contributed by atoms with Gasteiger partial charge in [0.1, 0.15) is 0 Å². The Morgan fingerprint density at radius 2 is 1.58 bits per heavy atom. The molecule has 72 valence electrons. The van der Waals surface area contributed by atoms with E-state index < -0.39 is 9.84 Å². The molecule has 0 saturated carbocycles. The molecule has 5 heteroatoms. The second-order valence-electron chi connectivity index (χ2n) is 3.70. The van der Waals surface area contributed by atoms with E-state index >= 15 is 0 Å². The van der Waals surface area contributed by atoms with Crippen molar-refractivity contribution < 1.29 is 8.42 Å². The quantitative estimate of drug-likeness (QED) is 0.617. The lowest BCUT2D eigenvalue weighted by atomic mass is 9.93. The van der Waals surface area contributed by atoms with Gasteiger partial charge in [-0.2, -0.15) is 0 Å². The van der Waals surface area contributed by atoms with Crippen LogP contribution in [0, 0.1) is 11.8 Å². The maximum atomic E-state index is 11.2. The van der Waals surface area contributed by atoms with Crippen molar-refractivity contribution >= 4 is 22.2 Å². The highest BCUT2D eigenvalue weighted by atomic mass is 35.5. The highest BCUT2D eigenvalue weighted by Gasteiger charge is 2.34. The molecular weight excluding hydrogens is 198 g/mol. The summed E-state index contributed by atoms with van der Waals surface area (Å²) in [7, 11) is -2.68. The van der Waals surface area contributed by atoms with E-state index in [4.69, 9.17) is 0 Å². The maximum absolute atomic E-state index is 11.2. The summed E-state index contributed by atoms with van der Waals surface area (Å²) in [6, 6.07) is 0. The molecule has 12 heavy (non-hydrogen) atoms. The Balaban J connectivity index is 0.000000720. The van der Waals surface area contributed by atoms with Crippen molar-refractivity contribution in [3.8, 4) is 0 Å². The van der Waals surface area contributed by atoms with Crippen molar-refractivity contribution in [3.05, 3.63) is 0 Å². The van der Waals surface area contributed by atoms with E-state index in [-0.39, 0.29) is 12.4 Å². The van der Waals surface area contributed by atoms with E-state index in [1.54, 1.807) is 0 Å². The van der Waals surface area contributed by atoms with E-state index in [0.717, 1.165) is 19.5 Å². The number of fused-ring (bicyclic) bond motifs is 2. The summed E-state index contributed by atoms with van der Waals surface area (Å²) in [5.74, 6) is 1.62. The zero-order chi connectivity index (χ0) is 7.90. The molecule has 0 aromatic carbocycles. The van der Waals surface area contributed by atoms with Gasteiger partial charge in [-0.1, -0.05) is 0 Å². The number of sulfone groups is 1. The third-order valence-corrected chi connectivity index (χ3v) is 4.47. The van der Waals surface area contributed by atoms with Crippen LogP contribution in [0.25, 0.3) is 0 Å². The Morgan fingerprint density at radius 1 is 1.08 bits per heavy atom. The maximum Gasteiger partial charge on any atom is 0.150 e. The fourth-order valence-corrected chi connectivity index (χ4v) is 4.25. The van der Waals surface area contributed by atoms with Crippen LogP contribution >= 0.6 is 12.4 Å². The smallest absolute Gasteiger partial charge is 0.150 e. The fraction of sp³-hybridized carbons (Fsp3) is 1.00. The molecule has 2 bridgehead atoms. The molecular formula is C7H14ClNO2S. The molecule has 0 radical (unpaired) electrons. The van der Waals surface area contributed by atoms with Gasteiger partial charge in [-0.15, -0.1) is 12.4 Å². The molecule has 0 aromatic rings.